The van der Waals surface area contributed by atoms with E-state index >= 15 is 4.39 Å². The molecule has 8 nitrogen and oxygen atoms in total. The van der Waals surface area contributed by atoms with Crippen molar-refractivity contribution < 1.29 is 28.2 Å². The van der Waals surface area contributed by atoms with Crippen LogP contribution in [-0.2, 0) is 17.7 Å². The molecule has 0 radical (unpaired) electrons. The van der Waals surface area contributed by atoms with E-state index < -0.39 is 36.0 Å². The van der Waals surface area contributed by atoms with E-state index in [1.807, 2.05) is 0 Å². The van der Waals surface area contributed by atoms with E-state index in [4.69, 9.17) is 10.5 Å². The summed E-state index contributed by atoms with van der Waals surface area (Å²) in [5.74, 6) is -1.30. The van der Waals surface area contributed by atoms with Crippen molar-refractivity contribution in [1.82, 2.24) is 10.3 Å². The second-order valence-corrected chi connectivity index (χ2v) is 8.37. The number of aromatic nitrogens is 1. The van der Waals surface area contributed by atoms with Gasteiger partial charge in [-0.2, -0.15) is 0 Å². The Morgan fingerprint density at radius 2 is 1.83 bits per heavy atom. The zero-order chi connectivity index (χ0) is 25.6. The SMILES string of the molecule is CC(C)(CO)OC(=O)Nc1ccc(-c2cccnc2CNC(N)=O)c(Cc2ccccc2F)c1F. The smallest absolute Gasteiger partial charge is 0.412 e. The van der Waals surface area contributed by atoms with Crippen LogP contribution in [0.5, 0.6) is 0 Å². The predicted molar refractivity (Wildman–Crippen MR) is 127 cm³/mol. The fraction of sp³-hybridized carbons (Fsp3) is 0.240. The summed E-state index contributed by atoms with van der Waals surface area (Å²) < 4.78 is 35.4. The lowest BCUT2D eigenvalue weighted by molar-refractivity contribution is 0.00357. The van der Waals surface area contributed by atoms with Gasteiger partial charge in [0, 0.05) is 23.7 Å². The Hall–Kier alpha value is -4.05. The number of nitrogens with zero attached hydrogens (tertiary/aromatic N) is 1. The average Bonchev–Trinajstić information content (AvgIpc) is 2.81. The van der Waals surface area contributed by atoms with Crippen LogP contribution in [0.1, 0.15) is 30.7 Å². The van der Waals surface area contributed by atoms with Crippen molar-refractivity contribution in [2.24, 2.45) is 5.73 Å². The molecule has 1 heterocycles. The van der Waals surface area contributed by atoms with Gasteiger partial charge in [-0.1, -0.05) is 30.3 Å². The number of anilines is 1. The third-order valence-electron chi connectivity index (χ3n) is 5.17. The number of halogens is 2. The number of urea groups is 1. The molecular formula is C25H26F2N4O4. The van der Waals surface area contributed by atoms with E-state index in [0.717, 1.165) is 0 Å². The molecule has 0 saturated carbocycles. The van der Waals surface area contributed by atoms with Gasteiger partial charge in [0.05, 0.1) is 24.5 Å². The number of carbonyl (C=O) groups excluding carboxylic acids is 2. The summed E-state index contributed by atoms with van der Waals surface area (Å²) in [6.07, 6.45) is 0.432. The zero-order valence-corrected chi connectivity index (χ0v) is 19.3. The molecule has 0 aliphatic rings. The zero-order valence-electron chi connectivity index (χ0n) is 19.3. The van der Waals surface area contributed by atoms with E-state index in [-0.39, 0.29) is 29.8 Å². The van der Waals surface area contributed by atoms with Crippen molar-refractivity contribution >= 4 is 17.8 Å². The van der Waals surface area contributed by atoms with E-state index in [2.05, 4.69) is 15.6 Å². The predicted octanol–water partition coefficient (Wildman–Crippen LogP) is 4.11. The monoisotopic (exact) mass is 484 g/mol. The van der Waals surface area contributed by atoms with E-state index in [1.165, 1.54) is 44.3 Å². The number of benzene rings is 2. The normalized spacial score (nSPS) is 11.1. The molecule has 0 fully saturated rings. The molecule has 0 aliphatic carbocycles. The summed E-state index contributed by atoms with van der Waals surface area (Å²) in [5.41, 5.74) is 5.49. The van der Waals surface area contributed by atoms with Crippen LogP contribution in [0.4, 0.5) is 24.1 Å². The topological polar surface area (TPSA) is 127 Å². The lowest BCUT2D eigenvalue weighted by Crippen LogP contribution is -2.34. The van der Waals surface area contributed by atoms with Crippen LogP contribution < -0.4 is 16.4 Å². The van der Waals surface area contributed by atoms with E-state index in [1.54, 1.807) is 24.3 Å². The van der Waals surface area contributed by atoms with Crippen LogP contribution >= 0.6 is 0 Å². The number of ether oxygens (including phenoxy) is 1. The second-order valence-electron chi connectivity index (χ2n) is 8.37. The van der Waals surface area contributed by atoms with Crippen LogP contribution in [0, 0.1) is 11.6 Å². The van der Waals surface area contributed by atoms with Gasteiger partial charge in [0.25, 0.3) is 0 Å². The average molecular weight is 485 g/mol. The number of hydrogen-bond donors (Lipinski definition) is 4. The lowest BCUT2D eigenvalue weighted by Gasteiger charge is -2.23. The maximum absolute atomic E-state index is 15.8. The summed E-state index contributed by atoms with van der Waals surface area (Å²) in [5, 5.41) is 14.1. The molecule has 3 aromatic rings. The minimum absolute atomic E-state index is 0.00513. The number of nitrogens with two attached hydrogens (primary N) is 1. The van der Waals surface area contributed by atoms with Gasteiger partial charge in [-0.3, -0.25) is 10.3 Å². The molecule has 3 amide bonds. The summed E-state index contributed by atoms with van der Waals surface area (Å²) in [6.45, 7) is 2.57. The second kappa shape index (κ2) is 10.9. The van der Waals surface area contributed by atoms with E-state index in [0.29, 0.717) is 16.8 Å². The highest BCUT2D eigenvalue weighted by molar-refractivity contribution is 5.86. The first-order valence-corrected chi connectivity index (χ1v) is 10.7. The van der Waals surface area contributed by atoms with Gasteiger partial charge in [-0.25, -0.2) is 18.4 Å². The Labute approximate surface area is 201 Å². The molecule has 10 heteroatoms. The lowest BCUT2D eigenvalue weighted by atomic mass is 9.92. The number of nitrogens with one attached hydrogen (secondary N) is 2. The Morgan fingerprint density at radius 1 is 1.09 bits per heavy atom. The molecule has 0 spiro atoms. The maximum Gasteiger partial charge on any atom is 0.412 e. The van der Waals surface area contributed by atoms with Crippen LogP contribution in [-0.4, -0.2) is 34.4 Å². The van der Waals surface area contributed by atoms with Crippen molar-refractivity contribution in [1.29, 1.82) is 0 Å². The molecule has 0 aliphatic heterocycles. The summed E-state index contributed by atoms with van der Waals surface area (Å²) in [4.78, 5) is 27.8. The number of primary amides is 1. The molecular weight excluding hydrogens is 458 g/mol. The highest BCUT2D eigenvalue weighted by Crippen LogP contribution is 2.34. The highest BCUT2D eigenvalue weighted by Gasteiger charge is 2.24. The highest BCUT2D eigenvalue weighted by atomic mass is 19.1. The maximum atomic E-state index is 15.8. The van der Waals surface area contributed by atoms with Gasteiger partial charge >= 0.3 is 12.1 Å². The Kier molecular flexibility index (Phi) is 7.98. The molecule has 184 valence electrons. The largest absolute Gasteiger partial charge is 0.441 e. The van der Waals surface area contributed by atoms with Gasteiger partial charge in [-0.05, 0) is 43.2 Å². The van der Waals surface area contributed by atoms with Crippen molar-refractivity contribution in [2.45, 2.75) is 32.4 Å². The van der Waals surface area contributed by atoms with Gasteiger partial charge < -0.3 is 20.9 Å². The number of carbonyl (C=O) groups is 2. The number of hydrogen-bond acceptors (Lipinski definition) is 5. The molecule has 0 unspecified atom stereocenters. The van der Waals surface area contributed by atoms with Crippen LogP contribution in [0.25, 0.3) is 11.1 Å². The van der Waals surface area contributed by atoms with E-state index in [9.17, 15) is 19.1 Å². The van der Waals surface area contributed by atoms with Gasteiger partial charge in [0.2, 0.25) is 0 Å². The number of aliphatic hydroxyl groups is 1. The number of rotatable bonds is 8. The quantitative estimate of drug-likeness (QED) is 0.383. The fourth-order valence-corrected chi connectivity index (χ4v) is 3.39. The molecule has 1 aromatic heterocycles. The van der Waals surface area contributed by atoms with Gasteiger partial charge in [0.1, 0.15) is 11.4 Å². The number of amides is 3. The molecule has 5 N–H and O–H groups in total. The molecule has 2 aromatic carbocycles. The first-order chi connectivity index (χ1) is 16.6. The van der Waals surface area contributed by atoms with Crippen molar-refractivity contribution in [3.05, 3.63) is 83.2 Å². The number of pyridine rings is 1. The minimum atomic E-state index is -1.17. The molecule has 0 saturated heterocycles. The van der Waals surface area contributed by atoms with Crippen LogP contribution in [0.3, 0.4) is 0 Å². The Balaban J connectivity index is 2.08. The van der Waals surface area contributed by atoms with Crippen LogP contribution in [0.2, 0.25) is 0 Å². The third-order valence-corrected chi connectivity index (χ3v) is 5.17. The Morgan fingerprint density at radius 3 is 2.51 bits per heavy atom. The molecule has 0 atom stereocenters. The first kappa shape index (κ1) is 25.6. The first-order valence-electron chi connectivity index (χ1n) is 10.7. The molecule has 0 bridgehead atoms. The van der Waals surface area contributed by atoms with Crippen molar-refractivity contribution in [2.75, 3.05) is 11.9 Å². The third kappa shape index (κ3) is 6.51. The standard InChI is InChI=1S/C25H26F2N4O4/c1-25(2,14-32)35-24(34)31-20-10-9-16(17-7-5-11-29-21(17)13-30-23(28)33)18(22(20)27)12-15-6-3-4-8-19(15)26/h3-11,32H,12-14H2,1-2H3,(H,31,34)(H3,28,30,33). The van der Waals surface area contributed by atoms with Gasteiger partial charge in [-0.15, -0.1) is 0 Å². The van der Waals surface area contributed by atoms with Gasteiger partial charge in [0.15, 0.2) is 5.82 Å². The van der Waals surface area contributed by atoms with Crippen molar-refractivity contribution in [3.63, 3.8) is 0 Å². The van der Waals surface area contributed by atoms with Crippen molar-refractivity contribution in [3.8, 4) is 11.1 Å². The van der Waals surface area contributed by atoms with Crippen LogP contribution in [0.15, 0.2) is 54.7 Å². The summed E-state index contributed by atoms with van der Waals surface area (Å²) in [7, 11) is 0. The minimum Gasteiger partial charge on any atom is -0.441 e. The summed E-state index contributed by atoms with van der Waals surface area (Å²) in [6, 6.07) is 11.5. The number of aliphatic hydroxyl groups excluding tert-OH is 1. The fourth-order valence-electron chi connectivity index (χ4n) is 3.39. The molecule has 35 heavy (non-hydrogen) atoms. The Bertz CT molecular complexity index is 1230. The summed E-state index contributed by atoms with van der Waals surface area (Å²) >= 11 is 0. The molecule has 3 rings (SSSR count).